The zero-order valence-electron chi connectivity index (χ0n) is 5.82. The standard InChI is InChI=1S/C6H9NO2S2/c7-6(8)2-4-1-5(11-9)3-10-4/h3-4,9H,1-2H2,(H2,7,8). The molecule has 3 nitrogen and oxygen atoms in total. The van der Waals surface area contributed by atoms with E-state index in [2.05, 4.69) is 0 Å². The first-order valence-electron chi connectivity index (χ1n) is 3.16. The van der Waals surface area contributed by atoms with Crippen LogP contribution in [0.15, 0.2) is 10.3 Å². The van der Waals surface area contributed by atoms with Crippen LogP contribution in [0.1, 0.15) is 12.8 Å². The first-order valence-corrected chi connectivity index (χ1v) is 4.88. The molecule has 3 N–H and O–H groups in total. The lowest BCUT2D eigenvalue weighted by Crippen LogP contribution is -2.16. The van der Waals surface area contributed by atoms with E-state index in [0.29, 0.717) is 6.42 Å². The van der Waals surface area contributed by atoms with Crippen molar-refractivity contribution in [2.75, 3.05) is 0 Å². The Morgan fingerprint density at radius 3 is 3.18 bits per heavy atom. The molecule has 1 aliphatic heterocycles. The van der Waals surface area contributed by atoms with Crippen molar-refractivity contribution in [3.05, 3.63) is 10.3 Å². The second kappa shape index (κ2) is 4.04. The summed E-state index contributed by atoms with van der Waals surface area (Å²) in [6, 6.07) is 0. The molecule has 0 aromatic rings. The number of hydrogen-bond acceptors (Lipinski definition) is 4. The summed E-state index contributed by atoms with van der Waals surface area (Å²) in [4.78, 5) is 11.4. The maximum atomic E-state index is 10.5. The van der Waals surface area contributed by atoms with Crippen LogP contribution < -0.4 is 5.73 Å². The van der Waals surface area contributed by atoms with Crippen molar-refractivity contribution in [3.8, 4) is 0 Å². The molecular formula is C6H9NO2S2. The summed E-state index contributed by atoms with van der Waals surface area (Å²) in [5.41, 5.74) is 5.01. The fourth-order valence-electron chi connectivity index (χ4n) is 0.896. The van der Waals surface area contributed by atoms with Gasteiger partial charge in [-0.1, -0.05) is 0 Å². The van der Waals surface area contributed by atoms with Crippen LogP contribution in [0.4, 0.5) is 0 Å². The average molecular weight is 191 g/mol. The number of rotatable bonds is 3. The van der Waals surface area contributed by atoms with Crippen molar-refractivity contribution in [1.29, 1.82) is 0 Å². The van der Waals surface area contributed by atoms with Gasteiger partial charge >= 0.3 is 0 Å². The van der Waals surface area contributed by atoms with Gasteiger partial charge < -0.3 is 10.3 Å². The highest BCUT2D eigenvalue weighted by Crippen LogP contribution is 2.36. The summed E-state index contributed by atoms with van der Waals surface area (Å²) >= 11 is 2.31. The largest absolute Gasteiger partial charge is 0.370 e. The molecule has 0 aromatic carbocycles. The Morgan fingerprint density at radius 2 is 2.73 bits per heavy atom. The van der Waals surface area contributed by atoms with Crippen LogP contribution in [0.3, 0.4) is 0 Å². The third-order valence-electron chi connectivity index (χ3n) is 1.37. The van der Waals surface area contributed by atoms with Crippen LogP contribution in [0.5, 0.6) is 0 Å². The van der Waals surface area contributed by atoms with Gasteiger partial charge in [-0.05, 0) is 11.8 Å². The van der Waals surface area contributed by atoms with Crippen molar-refractivity contribution in [3.63, 3.8) is 0 Å². The number of carbonyl (C=O) groups is 1. The number of allylic oxidation sites excluding steroid dienone is 1. The molecule has 1 aliphatic rings. The second-order valence-electron chi connectivity index (χ2n) is 2.31. The van der Waals surface area contributed by atoms with Gasteiger partial charge in [0.05, 0.1) is 0 Å². The van der Waals surface area contributed by atoms with E-state index >= 15 is 0 Å². The van der Waals surface area contributed by atoms with E-state index in [1.54, 1.807) is 11.8 Å². The molecule has 0 fully saturated rings. The Balaban J connectivity index is 2.30. The van der Waals surface area contributed by atoms with Crippen LogP contribution in [-0.2, 0) is 4.79 Å². The van der Waals surface area contributed by atoms with Gasteiger partial charge in [0.1, 0.15) is 0 Å². The molecule has 0 bridgehead atoms. The van der Waals surface area contributed by atoms with Crippen LogP contribution in [0, 0.1) is 0 Å². The minimum Gasteiger partial charge on any atom is -0.370 e. The summed E-state index contributed by atoms with van der Waals surface area (Å²) in [5.74, 6) is -0.278. The van der Waals surface area contributed by atoms with Gasteiger partial charge in [0.25, 0.3) is 0 Å². The number of primary amides is 1. The Morgan fingerprint density at radius 1 is 2.00 bits per heavy atom. The molecule has 62 valence electrons. The maximum absolute atomic E-state index is 10.5. The zero-order chi connectivity index (χ0) is 8.27. The fourth-order valence-corrected chi connectivity index (χ4v) is 2.59. The number of amides is 1. The van der Waals surface area contributed by atoms with Gasteiger partial charge in [0.15, 0.2) is 0 Å². The van der Waals surface area contributed by atoms with E-state index in [0.717, 1.165) is 23.4 Å². The first-order chi connectivity index (χ1) is 5.22. The van der Waals surface area contributed by atoms with Crippen LogP contribution in [-0.4, -0.2) is 15.7 Å². The predicted molar refractivity (Wildman–Crippen MR) is 48.1 cm³/mol. The molecule has 1 amide bonds. The van der Waals surface area contributed by atoms with Crippen molar-refractivity contribution in [2.45, 2.75) is 18.1 Å². The van der Waals surface area contributed by atoms with Crippen molar-refractivity contribution in [2.24, 2.45) is 5.73 Å². The van der Waals surface area contributed by atoms with E-state index in [-0.39, 0.29) is 11.2 Å². The van der Waals surface area contributed by atoms with Gasteiger partial charge in [-0.15, -0.1) is 11.8 Å². The highest BCUT2D eigenvalue weighted by Gasteiger charge is 2.19. The van der Waals surface area contributed by atoms with Gasteiger partial charge in [-0.25, -0.2) is 0 Å². The highest BCUT2D eigenvalue weighted by molar-refractivity contribution is 8.05. The SMILES string of the molecule is NC(=O)CC1CC(SO)=CS1. The number of thioether (sulfide) groups is 1. The monoisotopic (exact) mass is 191 g/mol. The van der Waals surface area contributed by atoms with E-state index in [9.17, 15) is 4.79 Å². The van der Waals surface area contributed by atoms with E-state index < -0.39 is 0 Å². The number of hydrogen-bond donors (Lipinski definition) is 2. The molecule has 0 saturated carbocycles. The molecule has 1 rings (SSSR count). The minimum absolute atomic E-state index is 0.238. The second-order valence-corrected chi connectivity index (χ2v) is 4.19. The molecule has 1 atom stereocenters. The maximum Gasteiger partial charge on any atom is 0.218 e. The van der Waals surface area contributed by atoms with Crippen LogP contribution >= 0.6 is 23.8 Å². The Hall–Kier alpha value is -0.130. The van der Waals surface area contributed by atoms with Gasteiger partial charge in [0.2, 0.25) is 5.91 Å². The van der Waals surface area contributed by atoms with Crippen LogP contribution in [0.25, 0.3) is 0 Å². The van der Waals surface area contributed by atoms with E-state index in [1.807, 2.05) is 5.41 Å². The van der Waals surface area contributed by atoms with Crippen LogP contribution in [0.2, 0.25) is 0 Å². The smallest absolute Gasteiger partial charge is 0.218 e. The molecule has 1 heterocycles. The third kappa shape index (κ3) is 2.76. The topological polar surface area (TPSA) is 63.3 Å². The number of carbonyl (C=O) groups excluding carboxylic acids is 1. The lowest BCUT2D eigenvalue weighted by Gasteiger charge is -2.03. The average Bonchev–Trinajstić information content (AvgIpc) is 2.34. The molecule has 1 unspecified atom stereocenters. The molecular weight excluding hydrogens is 182 g/mol. The normalized spacial score (nSPS) is 23.4. The lowest BCUT2D eigenvalue weighted by molar-refractivity contribution is -0.117. The quantitative estimate of drug-likeness (QED) is 0.662. The van der Waals surface area contributed by atoms with Crippen molar-refractivity contribution in [1.82, 2.24) is 0 Å². The first kappa shape index (κ1) is 8.96. The molecule has 11 heavy (non-hydrogen) atoms. The minimum atomic E-state index is -0.278. The number of nitrogens with two attached hydrogens (primary N) is 1. The summed E-state index contributed by atoms with van der Waals surface area (Å²) in [5, 5.41) is 2.11. The molecule has 0 aromatic heterocycles. The Labute approximate surface area is 73.6 Å². The lowest BCUT2D eigenvalue weighted by atomic mass is 10.2. The Kier molecular flexibility index (Phi) is 3.29. The summed E-state index contributed by atoms with van der Waals surface area (Å²) in [7, 11) is 0. The van der Waals surface area contributed by atoms with Crippen molar-refractivity contribution < 1.29 is 9.35 Å². The molecule has 0 saturated heterocycles. The van der Waals surface area contributed by atoms with Crippen molar-refractivity contribution >= 4 is 29.7 Å². The highest BCUT2D eigenvalue weighted by atomic mass is 32.2. The Bertz CT molecular complexity index is 193. The zero-order valence-corrected chi connectivity index (χ0v) is 7.45. The fraction of sp³-hybridized carbons (Fsp3) is 0.500. The summed E-state index contributed by atoms with van der Waals surface area (Å²) in [6.07, 6.45) is 1.15. The van der Waals surface area contributed by atoms with Gasteiger partial charge in [-0.3, -0.25) is 4.79 Å². The summed E-state index contributed by atoms with van der Waals surface area (Å²) in [6.45, 7) is 0. The van der Waals surface area contributed by atoms with E-state index in [1.165, 1.54) is 0 Å². The molecule has 0 radical (unpaired) electrons. The predicted octanol–water partition coefficient (Wildman–Crippen LogP) is 1.41. The molecule has 5 heteroatoms. The van der Waals surface area contributed by atoms with Gasteiger partial charge in [0, 0.05) is 28.6 Å². The van der Waals surface area contributed by atoms with E-state index in [4.69, 9.17) is 10.3 Å². The third-order valence-corrected chi connectivity index (χ3v) is 3.17. The molecule has 0 spiro atoms. The molecule has 0 aliphatic carbocycles. The summed E-state index contributed by atoms with van der Waals surface area (Å²) < 4.78 is 8.64. The van der Waals surface area contributed by atoms with Gasteiger partial charge in [-0.2, -0.15) is 0 Å².